The molecule has 0 radical (unpaired) electrons. The van der Waals surface area contributed by atoms with Crippen LogP contribution in [0.25, 0.3) is 0 Å². The summed E-state index contributed by atoms with van der Waals surface area (Å²) in [4.78, 5) is 26.1. The molecule has 2 heterocycles. The summed E-state index contributed by atoms with van der Waals surface area (Å²) in [5, 5.41) is 3.17. The number of nitrogens with zero attached hydrogens (tertiary/aromatic N) is 3. The number of nitrogens with one attached hydrogen (secondary N) is 1. The third-order valence-corrected chi connectivity index (χ3v) is 3.44. The van der Waals surface area contributed by atoms with Crippen LogP contribution in [-0.4, -0.2) is 27.2 Å². The minimum Gasteiger partial charge on any atom is -0.358 e. The largest absolute Gasteiger partial charge is 0.358 e. The Balaban J connectivity index is 2.38. The highest BCUT2D eigenvalue weighted by atomic mass is 16.2. The zero-order valence-electron chi connectivity index (χ0n) is 11.2. The monoisotopic (exact) mass is 252 g/mol. The van der Waals surface area contributed by atoms with Crippen molar-refractivity contribution < 1.29 is 0 Å². The first-order valence-electron chi connectivity index (χ1n) is 6.31. The van der Waals surface area contributed by atoms with Gasteiger partial charge in [-0.2, -0.15) is 0 Å². The molecule has 0 aromatic carbocycles. The van der Waals surface area contributed by atoms with Crippen LogP contribution in [0.5, 0.6) is 0 Å². The van der Waals surface area contributed by atoms with Crippen molar-refractivity contribution in [3.05, 3.63) is 26.4 Å². The van der Waals surface area contributed by atoms with Crippen molar-refractivity contribution in [3.8, 4) is 0 Å². The Morgan fingerprint density at radius 3 is 2.61 bits per heavy atom. The van der Waals surface area contributed by atoms with Crippen LogP contribution in [0.4, 0.5) is 5.82 Å². The fraction of sp³-hybridized carbons (Fsp3) is 0.667. The molecule has 1 aliphatic heterocycles. The topological polar surface area (TPSA) is 59.3 Å². The predicted octanol–water partition coefficient (Wildman–Crippen LogP) is 0.0691. The lowest BCUT2D eigenvalue weighted by Gasteiger charge is -2.30. The second kappa shape index (κ2) is 4.97. The summed E-state index contributed by atoms with van der Waals surface area (Å²) in [6.45, 7) is 4.42. The minimum absolute atomic E-state index is 0.193. The number of unbranched alkanes of at least 4 members (excludes halogenated alkanes) is 1. The number of hydrogen-bond donors (Lipinski definition) is 1. The maximum Gasteiger partial charge on any atom is 0.332 e. The maximum absolute atomic E-state index is 12.1. The molecule has 18 heavy (non-hydrogen) atoms. The van der Waals surface area contributed by atoms with Crippen LogP contribution < -0.4 is 16.6 Å². The van der Waals surface area contributed by atoms with Gasteiger partial charge in [0.05, 0.1) is 12.2 Å². The van der Waals surface area contributed by atoms with Gasteiger partial charge in [-0.1, -0.05) is 13.3 Å². The molecule has 6 heteroatoms. The molecule has 0 spiro atoms. The van der Waals surface area contributed by atoms with E-state index in [-0.39, 0.29) is 11.2 Å². The van der Waals surface area contributed by atoms with Crippen LogP contribution in [0.2, 0.25) is 0 Å². The van der Waals surface area contributed by atoms with E-state index in [9.17, 15) is 9.59 Å². The highest BCUT2D eigenvalue weighted by molar-refractivity contribution is 5.45. The maximum atomic E-state index is 12.1. The van der Waals surface area contributed by atoms with Gasteiger partial charge < -0.3 is 5.32 Å². The van der Waals surface area contributed by atoms with Gasteiger partial charge in [0.2, 0.25) is 0 Å². The van der Waals surface area contributed by atoms with Gasteiger partial charge in [-0.3, -0.25) is 18.8 Å². The first kappa shape index (κ1) is 12.9. The highest BCUT2D eigenvalue weighted by Crippen LogP contribution is 2.16. The van der Waals surface area contributed by atoms with Crippen molar-refractivity contribution in [2.24, 2.45) is 14.1 Å². The third-order valence-electron chi connectivity index (χ3n) is 3.44. The SMILES string of the molecule is CCCCN1CNc2c(c(=O)n(C)c(=O)n2C)C1. The van der Waals surface area contributed by atoms with Crippen molar-refractivity contribution in [1.29, 1.82) is 0 Å². The van der Waals surface area contributed by atoms with Gasteiger partial charge in [-0.05, 0) is 6.42 Å². The van der Waals surface area contributed by atoms with Gasteiger partial charge in [0.1, 0.15) is 5.82 Å². The van der Waals surface area contributed by atoms with Crippen LogP contribution >= 0.6 is 0 Å². The van der Waals surface area contributed by atoms with Crippen LogP contribution in [0.3, 0.4) is 0 Å². The first-order valence-corrected chi connectivity index (χ1v) is 6.31. The Bertz CT molecular complexity index is 558. The molecule has 1 aliphatic rings. The molecule has 6 nitrogen and oxygen atoms in total. The number of fused-ring (bicyclic) bond motifs is 1. The zero-order valence-corrected chi connectivity index (χ0v) is 11.2. The molecule has 0 aliphatic carbocycles. The summed E-state index contributed by atoms with van der Waals surface area (Å²) in [7, 11) is 3.21. The summed E-state index contributed by atoms with van der Waals surface area (Å²) < 4.78 is 2.68. The van der Waals surface area contributed by atoms with Gasteiger partial charge in [0.25, 0.3) is 5.56 Å². The summed E-state index contributed by atoms with van der Waals surface area (Å²) in [6.07, 6.45) is 2.25. The van der Waals surface area contributed by atoms with E-state index < -0.39 is 0 Å². The van der Waals surface area contributed by atoms with Crippen molar-refractivity contribution in [1.82, 2.24) is 14.0 Å². The summed E-state index contributed by atoms with van der Waals surface area (Å²) in [6, 6.07) is 0. The Hall–Kier alpha value is -1.56. The molecule has 0 amide bonds. The first-order chi connectivity index (χ1) is 8.56. The predicted molar refractivity (Wildman–Crippen MR) is 70.7 cm³/mol. The fourth-order valence-electron chi connectivity index (χ4n) is 2.29. The summed E-state index contributed by atoms with van der Waals surface area (Å²) >= 11 is 0. The minimum atomic E-state index is -0.284. The molecule has 1 N–H and O–H groups in total. The molecule has 0 bridgehead atoms. The lowest BCUT2D eigenvalue weighted by Crippen LogP contribution is -2.46. The normalized spacial score (nSPS) is 15.3. The zero-order chi connectivity index (χ0) is 13.3. The molecule has 1 aromatic rings. The van der Waals surface area contributed by atoms with E-state index >= 15 is 0 Å². The average Bonchev–Trinajstić information content (AvgIpc) is 2.40. The molecular weight excluding hydrogens is 232 g/mol. The Morgan fingerprint density at radius 1 is 1.22 bits per heavy atom. The van der Waals surface area contributed by atoms with E-state index in [1.165, 1.54) is 16.2 Å². The molecular formula is C12H20N4O2. The van der Waals surface area contributed by atoms with E-state index in [1.807, 2.05) is 0 Å². The Morgan fingerprint density at radius 2 is 1.94 bits per heavy atom. The quantitative estimate of drug-likeness (QED) is 0.827. The third kappa shape index (κ3) is 2.08. The fourth-order valence-corrected chi connectivity index (χ4v) is 2.29. The van der Waals surface area contributed by atoms with E-state index in [4.69, 9.17) is 0 Å². The Kier molecular flexibility index (Phi) is 3.56. The summed E-state index contributed by atoms with van der Waals surface area (Å²) in [5.74, 6) is 0.663. The van der Waals surface area contributed by atoms with Gasteiger partial charge in [0.15, 0.2) is 0 Å². The number of aromatic nitrogens is 2. The second-order valence-electron chi connectivity index (χ2n) is 4.77. The van der Waals surface area contributed by atoms with Crippen LogP contribution in [-0.2, 0) is 20.6 Å². The molecule has 2 rings (SSSR count). The van der Waals surface area contributed by atoms with Crippen LogP contribution in [0.1, 0.15) is 25.3 Å². The van der Waals surface area contributed by atoms with Crippen LogP contribution in [0, 0.1) is 0 Å². The Labute approximate surface area is 106 Å². The van der Waals surface area contributed by atoms with Crippen molar-refractivity contribution in [2.75, 3.05) is 18.5 Å². The molecule has 0 saturated heterocycles. The van der Waals surface area contributed by atoms with Gasteiger partial charge in [-0.15, -0.1) is 0 Å². The number of rotatable bonds is 3. The van der Waals surface area contributed by atoms with Gasteiger partial charge >= 0.3 is 5.69 Å². The van der Waals surface area contributed by atoms with E-state index in [1.54, 1.807) is 7.05 Å². The van der Waals surface area contributed by atoms with Crippen LogP contribution in [0.15, 0.2) is 9.59 Å². The standard InChI is InChI=1S/C12H20N4O2/c1-4-5-6-16-7-9-10(13-8-16)14(2)12(18)15(3)11(9)17/h13H,4-8H2,1-3H3. The lowest BCUT2D eigenvalue weighted by molar-refractivity contribution is 0.266. The van der Waals surface area contributed by atoms with E-state index in [0.29, 0.717) is 24.6 Å². The van der Waals surface area contributed by atoms with Gasteiger partial charge in [0, 0.05) is 27.2 Å². The smallest absolute Gasteiger partial charge is 0.332 e. The van der Waals surface area contributed by atoms with E-state index in [0.717, 1.165) is 19.4 Å². The van der Waals surface area contributed by atoms with Crippen molar-refractivity contribution >= 4 is 5.82 Å². The molecule has 1 aromatic heterocycles. The lowest BCUT2D eigenvalue weighted by atomic mass is 10.2. The highest BCUT2D eigenvalue weighted by Gasteiger charge is 2.22. The van der Waals surface area contributed by atoms with Crippen molar-refractivity contribution in [3.63, 3.8) is 0 Å². The summed E-state index contributed by atoms with van der Waals surface area (Å²) in [5.41, 5.74) is 0.206. The molecule has 0 fully saturated rings. The number of hydrogen-bond acceptors (Lipinski definition) is 4. The van der Waals surface area contributed by atoms with Gasteiger partial charge in [-0.25, -0.2) is 4.79 Å². The molecule has 0 unspecified atom stereocenters. The van der Waals surface area contributed by atoms with E-state index in [2.05, 4.69) is 17.1 Å². The second-order valence-corrected chi connectivity index (χ2v) is 4.77. The molecule has 0 saturated carbocycles. The average molecular weight is 252 g/mol. The number of anilines is 1. The molecule has 0 atom stereocenters. The van der Waals surface area contributed by atoms with Crippen molar-refractivity contribution in [2.45, 2.75) is 26.3 Å². The molecule has 100 valence electrons.